The molecular formula is C10H11BrN2O3. The van der Waals surface area contributed by atoms with Crippen molar-refractivity contribution in [2.24, 2.45) is 0 Å². The Balaban J connectivity index is 2.99. The van der Waals surface area contributed by atoms with Gasteiger partial charge in [-0.25, -0.2) is 0 Å². The van der Waals surface area contributed by atoms with E-state index in [1.54, 1.807) is 0 Å². The summed E-state index contributed by atoms with van der Waals surface area (Å²) in [5.74, 6) is -0.253. The standard InChI is InChI=1S/C10H11BrN2O3/c1-6(2)12-10(14)8-4-3-7(13(15)16)5-9(8)11/h3-6H,1-2H3,(H,12,14). The lowest BCUT2D eigenvalue weighted by Crippen LogP contribution is -2.30. The van der Waals surface area contributed by atoms with Crippen LogP contribution in [0.3, 0.4) is 0 Å². The molecular weight excluding hydrogens is 276 g/mol. The van der Waals surface area contributed by atoms with Crippen molar-refractivity contribution in [3.05, 3.63) is 38.3 Å². The van der Waals surface area contributed by atoms with Crippen LogP contribution in [-0.4, -0.2) is 16.9 Å². The molecule has 16 heavy (non-hydrogen) atoms. The van der Waals surface area contributed by atoms with Crippen LogP contribution >= 0.6 is 15.9 Å². The molecule has 0 bridgehead atoms. The van der Waals surface area contributed by atoms with E-state index in [0.29, 0.717) is 10.0 Å². The van der Waals surface area contributed by atoms with Gasteiger partial charge in [0.25, 0.3) is 11.6 Å². The number of rotatable bonds is 3. The average Bonchev–Trinajstić information content (AvgIpc) is 2.15. The number of non-ortho nitro benzene ring substituents is 1. The number of nitrogens with one attached hydrogen (secondary N) is 1. The highest BCUT2D eigenvalue weighted by atomic mass is 79.9. The van der Waals surface area contributed by atoms with Crippen molar-refractivity contribution in [3.63, 3.8) is 0 Å². The zero-order valence-electron chi connectivity index (χ0n) is 8.86. The van der Waals surface area contributed by atoms with Gasteiger partial charge in [0.15, 0.2) is 0 Å². The Kier molecular flexibility index (Phi) is 4.00. The lowest BCUT2D eigenvalue weighted by molar-refractivity contribution is -0.384. The van der Waals surface area contributed by atoms with Crippen molar-refractivity contribution in [1.29, 1.82) is 0 Å². The van der Waals surface area contributed by atoms with Crippen molar-refractivity contribution in [2.75, 3.05) is 0 Å². The summed E-state index contributed by atoms with van der Waals surface area (Å²) in [6.07, 6.45) is 0. The van der Waals surface area contributed by atoms with Gasteiger partial charge in [-0.15, -0.1) is 0 Å². The summed E-state index contributed by atoms with van der Waals surface area (Å²) < 4.78 is 0.417. The van der Waals surface area contributed by atoms with E-state index >= 15 is 0 Å². The third-order valence-corrected chi connectivity index (χ3v) is 2.48. The fraction of sp³-hybridized carbons (Fsp3) is 0.300. The quantitative estimate of drug-likeness (QED) is 0.685. The number of nitrogens with zero attached hydrogens (tertiary/aromatic N) is 1. The number of hydrogen-bond donors (Lipinski definition) is 1. The molecule has 0 aliphatic carbocycles. The fourth-order valence-corrected chi connectivity index (χ4v) is 1.69. The molecule has 0 radical (unpaired) electrons. The minimum atomic E-state index is -0.505. The van der Waals surface area contributed by atoms with E-state index in [9.17, 15) is 14.9 Å². The Morgan fingerprint density at radius 2 is 2.12 bits per heavy atom. The molecule has 0 unspecified atom stereocenters. The third-order valence-electron chi connectivity index (χ3n) is 1.83. The fourth-order valence-electron chi connectivity index (χ4n) is 1.14. The second-order valence-corrected chi connectivity index (χ2v) is 4.40. The maximum atomic E-state index is 11.6. The summed E-state index contributed by atoms with van der Waals surface area (Å²) in [5, 5.41) is 13.2. The Bertz CT molecular complexity index is 432. The van der Waals surface area contributed by atoms with E-state index in [2.05, 4.69) is 21.2 Å². The number of amides is 1. The smallest absolute Gasteiger partial charge is 0.270 e. The van der Waals surface area contributed by atoms with E-state index < -0.39 is 4.92 Å². The van der Waals surface area contributed by atoms with Gasteiger partial charge in [-0.05, 0) is 35.8 Å². The molecule has 0 atom stereocenters. The van der Waals surface area contributed by atoms with Gasteiger partial charge in [0, 0.05) is 22.6 Å². The first-order valence-electron chi connectivity index (χ1n) is 4.66. The van der Waals surface area contributed by atoms with Crippen molar-refractivity contribution in [1.82, 2.24) is 5.32 Å². The predicted molar refractivity (Wildman–Crippen MR) is 63.4 cm³/mol. The number of carbonyl (C=O) groups excluding carboxylic acids is 1. The lowest BCUT2D eigenvalue weighted by Gasteiger charge is -2.09. The van der Waals surface area contributed by atoms with Gasteiger partial charge in [0.2, 0.25) is 0 Å². The Morgan fingerprint density at radius 3 is 2.56 bits per heavy atom. The van der Waals surface area contributed by atoms with E-state index in [-0.39, 0.29) is 17.6 Å². The van der Waals surface area contributed by atoms with Crippen molar-refractivity contribution in [3.8, 4) is 0 Å². The Hall–Kier alpha value is -1.43. The van der Waals surface area contributed by atoms with Gasteiger partial charge in [-0.2, -0.15) is 0 Å². The van der Waals surface area contributed by atoms with Crippen LogP contribution in [0.2, 0.25) is 0 Å². The van der Waals surface area contributed by atoms with Crippen LogP contribution < -0.4 is 5.32 Å². The second kappa shape index (κ2) is 5.07. The summed E-state index contributed by atoms with van der Waals surface area (Å²) in [6, 6.07) is 4.07. The van der Waals surface area contributed by atoms with Gasteiger partial charge in [0.05, 0.1) is 10.5 Å². The summed E-state index contributed by atoms with van der Waals surface area (Å²) in [4.78, 5) is 21.6. The molecule has 6 heteroatoms. The lowest BCUT2D eigenvalue weighted by atomic mass is 10.2. The average molecular weight is 287 g/mol. The van der Waals surface area contributed by atoms with Crippen LogP contribution in [0.15, 0.2) is 22.7 Å². The SMILES string of the molecule is CC(C)NC(=O)c1ccc([N+](=O)[O-])cc1Br. The number of carbonyl (C=O) groups is 1. The van der Waals surface area contributed by atoms with E-state index in [0.717, 1.165) is 0 Å². The van der Waals surface area contributed by atoms with Crippen LogP contribution in [0.1, 0.15) is 24.2 Å². The monoisotopic (exact) mass is 286 g/mol. The molecule has 0 spiro atoms. The highest BCUT2D eigenvalue weighted by molar-refractivity contribution is 9.10. The largest absolute Gasteiger partial charge is 0.350 e. The molecule has 0 aromatic heterocycles. The summed E-state index contributed by atoms with van der Waals surface area (Å²) >= 11 is 3.14. The second-order valence-electron chi connectivity index (χ2n) is 3.55. The molecule has 86 valence electrons. The Labute approximate surface area is 101 Å². The van der Waals surface area contributed by atoms with Crippen LogP contribution in [0.5, 0.6) is 0 Å². The summed E-state index contributed by atoms with van der Waals surface area (Å²) in [5.41, 5.74) is 0.340. The van der Waals surface area contributed by atoms with Gasteiger partial charge in [-0.3, -0.25) is 14.9 Å². The molecule has 0 heterocycles. The minimum Gasteiger partial charge on any atom is -0.350 e. The highest BCUT2D eigenvalue weighted by Crippen LogP contribution is 2.22. The zero-order chi connectivity index (χ0) is 12.3. The van der Waals surface area contributed by atoms with Crippen molar-refractivity contribution < 1.29 is 9.72 Å². The first-order chi connectivity index (χ1) is 7.41. The molecule has 5 nitrogen and oxygen atoms in total. The molecule has 0 aliphatic rings. The molecule has 0 saturated carbocycles. The molecule has 1 rings (SSSR count). The van der Waals surface area contributed by atoms with Gasteiger partial charge in [0.1, 0.15) is 0 Å². The maximum absolute atomic E-state index is 11.6. The number of hydrogen-bond acceptors (Lipinski definition) is 3. The van der Waals surface area contributed by atoms with Crippen LogP contribution in [0.4, 0.5) is 5.69 Å². The third kappa shape index (κ3) is 3.03. The summed E-state index contributed by atoms with van der Waals surface area (Å²) in [7, 11) is 0. The molecule has 1 aromatic carbocycles. The first-order valence-corrected chi connectivity index (χ1v) is 5.46. The van der Waals surface area contributed by atoms with Gasteiger partial charge in [-0.1, -0.05) is 0 Å². The molecule has 0 fully saturated rings. The van der Waals surface area contributed by atoms with Gasteiger partial charge >= 0.3 is 0 Å². The van der Waals surface area contributed by atoms with E-state index in [1.165, 1.54) is 18.2 Å². The molecule has 1 aromatic rings. The van der Waals surface area contributed by atoms with Gasteiger partial charge < -0.3 is 5.32 Å². The van der Waals surface area contributed by atoms with Crippen molar-refractivity contribution >= 4 is 27.5 Å². The zero-order valence-corrected chi connectivity index (χ0v) is 10.4. The van der Waals surface area contributed by atoms with Crippen LogP contribution in [0, 0.1) is 10.1 Å². The molecule has 0 aliphatic heterocycles. The molecule has 1 N–H and O–H groups in total. The number of benzene rings is 1. The molecule has 1 amide bonds. The number of halogens is 1. The predicted octanol–water partition coefficient (Wildman–Crippen LogP) is 2.50. The first kappa shape index (κ1) is 12.6. The number of nitro benzene ring substituents is 1. The van der Waals surface area contributed by atoms with E-state index in [1.807, 2.05) is 13.8 Å². The van der Waals surface area contributed by atoms with Crippen LogP contribution in [0.25, 0.3) is 0 Å². The Morgan fingerprint density at radius 1 is 1.50 bits per heavy atom. The maximum Gasteiger partial charge on any atom is 0.270 e. The van der Waals surface area contributed by atoms with Crippen molar-refractivity contribution in [2.45, 2.75) is 19.9 Å². The highest BCUT2D eigenvalue weighted by Gasteiger charge is 2.14. The topological polar surface area (TPSA) is 72.2 Å². The molecule has 0 saturated heterocycles. The van der Waals surface area contributed by atoms with E-state index in [4.69, 9.17) is 0 Å². The normalized spacial score (nSPS) is 10.2. The number of nitro groups is 1. The minimum absolute atomic E-state index is 0.0228. The summed E-state index contributed by atoms with van der Waals surface area (Å²) in [6.45, 7) is 3.69. The van der Waals surface area contributed by atoms with Crippen LogP contribution in [-0.2, 0) is 0 Å².